The number of ether oxygens (including phenoxy) is 1. The summed E-state index contributed by atoms with van der Waals surface area (Å²) in [6.07, 6.45) is 2.70. The van der Waals surface area contributed by atoms with Crippen LogP contribution in [-0.2, 0) is 0 Å². The fraction of sp³-hybridized carbons (Fsp3) is 0.368. The highest BCUT2D eigenvalue weighted by atomic mass is 16.5. The fourth-order valence-electron chi connectivity index (χ4n) is 2.16. The summed E-state index contributed by atoms with van der Waals surface area (Å²) in [4.78, 5) is 16.6. The molecule has 1 heterocycles. The molecule has 0 bridgehead atoms. The molecule has 0 aliphatic rings. The van der Waals surface area contributed by atoms with Crippen molar-refractivity contribution in [3.05, 3.63) is 48.2 Å². The first-order valence-electron chi connectivity index (χ1n) is 8.32. The molecule has 1 aromatic carbocycles. The van der Waals surface area contributed by atoms with E-state index in [0.29, 0.717) is 18.1 Å². The minimum absolute atomic E-state index is 0.159. The summed E-state index contributed by atoms with van der Waals surface area (Å²) in [7, 11) is 0. The molecule has 2 N–H and O–H groups in total. The molecule has 0 aliphatic heterocycles. The summed E-state index contributed by atoms with van der Waals surface area (Å²) < 4.78 is 5.39. The van der Waals surface area contributed by atoms with E-state index in [0.717, 1.165) is 30.2 Å². The van der Waals surface area contributed by atoms with Gasteiger partial charge in [-0.3, -0.25) is 4.79 Å². The molecule has 0 saturated carbocycles. The molecule has 0 fully saturated rings. The van der Waals surface area contributed by atoms with Gasteiger partial charge in [-0.2, -0.15) is 0 Å². The number of nitrogens with zero attached hydrogens (tertiary/aromatic N) is 1. The smallest absolute Gasteiger partial charge is 0.255 e. The molecule has 2 aromatic rings. The number of hydrogen-bond acceptors (Lipinski definition) is 4. The molecule has 2 rings (SSSR count). The summed E-state index contributed by atoms with van der Waals surface area (Å²) in [5, 5.41) is 6.13. The average Bonchev–Trinajstić information content (AvgIpc) is 2.57. The first-order chi connectivity index (χ1) is 11.6. The van der Waals surface area contributed by atoms with E-state index in [1.807, 2.05) is 31.2 Å². The SMILES string of the molecule is CCOc1ccc(NC(=O)c2ccnc(NCCC(C)C)c2)cc1. The quantitative estimate of drug-likeness (QED) is 0.763. The van der Waals surface area contributed by atoms with Crippen LogP contribution in [0, 0.1) is 5.92 Å². The van der Waals surface area contributed by atoms with Crippen molar-refractivity contribution < 1.29 is 9.53 Å². The summed E-state index contributed by atoms with van der Waals surface area (Å²) in [6.45, 7) is 7.75. The third-order valence-corrected chi connectivity index (χ3v) is 3.47. The minimum Gasteiger partial charge on any atom is -0.494 e. The highest BCUT2D eigenvalue weighted by molar-refractivity contribution is 6.04. The molecule has 1 amide bonds. The lowest BCUT2D eigenvalue weighted by Gasteiger charge is -2.10. The maximum absolute atomic E-state index is 12.4. The topological polar surface area (TPSA) is 63.2 Å². The van der Waals surface area contributed by atoms with E-state index in [2.05, 4.69) is 29.5 Å². The van der Waals surface area contributed by atoms with Crippen LogP contribution in [0.2, 0.25) is 0 Å². The maximum Gasteiger partial charge on any atom is 0.255 e. The molecule has 1 aromatic heterocycles. The van der Waals surface area contributed by atoms with Gasteiger partial charge in [0, 0.05) is 24.0 Å². The van der Waals surface area contributed by atoms with E-state index in [-0.39, 0.29) is 5.91 Å². The number of hydrogen-bond donors (Lipinski definition) is 2. The molecular formula is C19H25N3O2. The highest BCUT2D eigenvalue weighted by Crippen LogP contribution is 2.17. The Balaban J connectivity index is 1.96. The Morgan fingerprint density at radius 2 is 1.96 bits per heavy atom. The van der Waals surface area contributed by atoms with Crippen molar-refractivity contribution in [1.82, 2.24) is 4.98 Å². The van der Waals surface area contributed by atoms with Crippen LogP contribution in [0.1, 0.15) is 37.6 Å². The van der Waals surface area contributed by atoms with Gasteiger partial charge in [0.05, 0.1) is 6.61 Å². The van der Waals surface area contributed by atoms with Crippen LogP contribution in [-0.4, -0.2) is 24.0 Å². The van der Waals surface area contributed by atoms with Gasteiger partial charge >= 0.3 is 0 Å². The number of pyridine rings is 1. The molecular weight excluding hydrogens is 302 g/mol. The zero-order valence-corrected chi connectivity index (χ0v) is 14.5. The van der Waals surface area contributed by atoms with Gasteiger partial charge in [0.1, 0.15) is 11.6 Å². The molecule has 0 atom stereocenters. The summed E-state index contributed by atoms with van der Waals surface area (Å²) >= 11 is 0. The van der Waals surface area contributed by atoms with Crippen molar-refractivity contribution in [1.29, 1.82) is 0 Å². The van der Waals surface area contributed by atoms with Crippen LogP contribution in [0.3, 0.4) is 0 Å². The lowest BCUT2D eigenvalue weighted by atomic mass is 10.1. The monoisotopic (exact) mass is 327 g/mol. The second-order valence-corrected chi connectivity index (χ2v) is 5.95. The zero-order chi connectivity index (χ0) is 17.4. The number of amides is 1. The largest absolute Gasteiger partial charge is 0.494 e. The van der Waals surface area contributed by atoms with Crippen molar-refractivity contribution >= 4 is 17.4 Å². The molecule has 0 saturated heterocycles. The molecule has 24 heavy (non-hydrogen) atoms. The third kappa shape index (κ3) is 5.57. The first kappa shape index (κ1) is 17.8. The van der Waals surface area contributed by atoms with Crippen LogP contribution < -0.4 is 15.4 Å². The van der Waals surface area contributed by atoms with Gasteiger partial charge in [-0.1, -0.05) is 13.8 Å². The van der Waals surface area contributed by atoms with E-state index in [4.69, 9.17) is 4.74 Å². The Morgan fingerprint density at radius 3 is 2.62 bits per heavy atom. The Kier molecular flexibility index (Phi) is 6.61. The number of benzene rings is 1. The minimum atomic E-state index is -0.159. The Hall–Kier alpha value is -2.56. The van der Waals surface area contributed by atoms with Gasteiger partial charge in [-0.25, -0.2) is 4.98 Å². The average molecular weight is 327 g/mol. The number of rotatable bonds is 8. The lowest BCUT2D eigenvalue weighted by Crippen LogP contribution is -2.13. The second kappa shape index (κ2) is 8.91. The molecule has 5 heteroatoms. The normalized spacial score (nSPS) is 10.5. The standard InChI is InChI=1S/C19H25N3O2/c1-4-24-17-7-5-16(6-8-17)22-19(23)15-10-12-21-18(13-15)20-11-9-14(2)3/h5-8,10,12-14H,4,9,11H2,1-3H3,(H,20,21)(H,22,23). The van der Waals surface area contributed by atoms with Gasteiger partial charge in [0.15, 0.2) is 0 Å². The molecule has 128 valence electrons. The van der Waals surface area contributed by atoms with Crippen molar-refractivity contribution in [2.45, 2.75) is 27.2 Å². The highest BCUT2D eigenvalue weighted by Gasteiger charge is 2.08. The van der Waals surface area contributed by atoms with Crippen LogP contribution in [0.15, 0.2) is 42.6 Å². The van der Waals surface area contributed by atoms with Crippen LogP contribution in [0.5, 0.6) is 5.75 Å². The second-order valence-electron chi connectivity index (χ2n) is 5.95. The van der Waals surface area contributed by atoms with Gasteiger partial charge < -0.3 is 15.4 Å². The Bertz CT molecular complexity index is 654. The number of nitrogens with one attached hydrogen (secondary N) is 2. The van der Waals surface area contributed by atoms with Crippen LogP contribution >= 0.6 is 0 Å². The summed E-state index contributed by atoms with van der Waals surface area (Å²) in [5.41, 5.74) is 1.31. The van der Waals surface area contributed by atoms with E-state index >= 15 is 0 Å². The van der Waals surface area contributed by atoms with Crippen LogP contribution in [0.25, 0.3) is 0 Å². The zero-order valence-electron chi connectivity index (χ0n) is 14.5. The Labute approximate surface area is 143 Å². The lowest BCUT2D eigenvalue weighted by molar-refractivity contribution is 0.102. The van der Waals surface area contributed by atoms with Gasteiger partial charge in [0.25, 0.3) is 5.91 Å². The van der Waals surface area contributed by atoms with Crippen molar-refractivity contribution in [3.63, 3.8) is 0 Å². The fourth-order valence-corrected chi connectivity index (χ4v) is 2.16. The van der Waals surface area contributed by atoms with E-state index in [1.54, 1.807) is 18.3 Å². The molecule has 0 unspecified atom stereocenters. The van der Waals surface area contributed by atoms with Gasteiger partial charge in [0.2, 0.25) is 0 Å². The van der Waals surface area contributed by atoms with Crippen LogP contribution in [0.4, 0.5) is 11.5 Å². The summed E-state index contributed by atoms with van der Waals surface area (Å²) in [6, 6.07) is 10.8. The van der Waals surface area contributed by atoms with E-state index in [1.165, 1.54) is 0 Å². The molecule has 0 aliphatic carbocycles. The molecule has 5 nitrogen and oxygen atoms in total. The molecule has 0 spiro atoms. The van der Waals surface area contributed by atoms with E-state index < -0.39 is 0 Å². The number of aromatic nitrogens is 1. The third-order valence-electron chi connectivity index (χ3n) is 3.47. The number of carbonyl (C=O) groups is 1. The van der Waals surface area contributed by atoms with Gasteiger partial charge in [-0.05, 0) is 55.7 Å². The predicted octanol–water partition coefficient (Wildman–Crippen LogP) is 4.19. The summed E-state index contributed by atoms with van der Waals surface area (Å²) in [5.74, 6) is 1.98. The number of carbonyl (C=O) groups excluding carboxylic acids is 1. The maximum atomic E-state index is 12.4. The van der Waals surface area contributed by atoms with E-state index in [9.17, 15) is 4.79 Å². The van der Waals surface area contributed by atoms with Crippen molar-refractivity contribution in [2.75, 3.05) is 23.8 Å². The predicted molar refractivity (Wildman–Crippen MR) is 97.7 cm³/mol. The molecule has 0 radical (unpaired) electrons. The van der Waals surface area contributed by atoms with Crippen molar-refractivity contribution in [3.8, 4) is 5.75 Å². The van der Waals surface area contributed by atoms with Gasteiger partial charge in [-0.15, -0.1) is 0 Å². The first-order valence-corrected chi connectivity index (χ1v) is 8.32. The van der Waals surface area contributed by atoms with Crippen molar-refractivity contribution in [2.24, 2.45) is 5.92 Å². The number of anilines is 2. The Morgan fingerprint density at radius 1 is 1.21 bits per heavy atom.